The molecule has 22 heavy (non-hydrogen) atoms. The number of carbonyl (C=O) groups is 2. The first kappa shape index (κ1) is 16.2. The topological polar surface area (TPSA) is 55.4 Å². The maximum absolute atomic E-state index is 11.9. The highest BCUT2D eigenvalue weighted by Crippen LogP contribution is 2.17. The number of hydrogen-bond acceptors (Lipinski definition) is 3. The molecular formula is C17H16BrNO3. The predicted octanol–water partition coefficient (Wildman–Crippen LogP) is 3.86. The van der Waals surface area contributed by atoms with Gasteiger partial charge in [-0.1, -0.05) is 28.1 Å². The van der Waals surface area contributed by atoms with Crippen molar-refractivity contribution < 1.29 is 14.3 Å². The van der Waals surface area contributed by atoms with Crippen LogP contribution in [0.4, 0.5) is 5.69 Å². The lowest BCUT2D eigenvalue weighted by atomic mass is 10.1. The molecule has 0 unspecified atom stereocenters. The third kappa shape index (κ3) is 4.18. The van der Waals surface area contributed by atoms with Gasteiger partial charge in [0.05, 0.1) is 5.56 Å². The molecule has 0 aliphatic heterocycles. The number of halogens is 1. The number of esters is 1. The molecule has 0 aromatic heterocycles. The van der Waals surface area contributed by atoms with Crippen LogP contribution >= 0.6 is 15.9 Å². The zero-order valence-corrected chi connectivity index (χ0v) is 13.9. The van der Waals surface area contributed by atoms with Crippen molar-refractivity contribution in [2.75, 3.05) is 11.9 Å². The monoisotopic (exact) mass is 361 g/mol. The molecule has 0 aliphatic carbocycles. The van der Waals surface area contributed by atoms with E-state index in [1.54, 1.807) is 24.3 Å². The molecule has 0 bridgehead atoms. The number of benzene rings is 2. The van der Waals surface area contributed by atoms with E-state index < -0.39 is 5.97 Å². The molecule has 2 rings (SSSR count). The number of ether oxygens (including phenoxy) is 1. The second-order valence-electron chi connectivity index (χ2n) is 4.88. The van der Waals surface area contributed by atoms with Crippen LogP contribution in [0, 0.1) is 13.8 Å². The van der Waals surface area contributed by atoms with E-state index in [9.17, 15) is 9.59 Å². The van der Waals surface area contributed by atoms with Crippen molar-refractivity contribution in [3.8, 4) is 0 Å². The second-order valence-corrected chi connectivity index (χ2v) is 5.79. The van der Waals surface area contributed by atoms with Crippen LogP contribution in [0.5, 0.6) is 0 Å². The molecule has 2 aromatic rings. The molecule has 0 saturated carbocycles. The van der Waals surface area contributed by atoms with Gasteiger partial charge < -0.3 is 10.1 Å². The Labute approximate surface area is 137 Å². The molecule has 0 fully saturated rings. The molecule has 114 valence electrons. The summed E-state index contributed by atoms with van der Waals surface area (Å²) in [5, 5.41) is 2.74. The van der Waals surface area contributed by atoms with Crippen LogP contribution in [0.3, 0.4) is 0 Å². The number of carbonyl (C=O) groups excluding carboxylic acids is 2. The Bertz CT molecular complexity index is 696. The molecule has 0 aliphatic rings. The van der Waals surface area contributed by atoms with Crippen molar-refractivity contribution in [1.82, 2.24) is 0 Å². The summed E-state index contributed by atoms with van der Waals surface area (Å²) in [7, 11) is 0. The Hall–Kier alpha value is -2.14. The highest BCUT2D eigenvalue weighted by Gasteiger charge is 2.11. The predicted molar refractivity (Wildman–Crippen MR) is 89.0 cm³/mol. The lowest BCUT2D eigenvalue weighted by Gasteiger charge is -2.10. The van der Waals surface area contributed by atoms with Gasteiger partial charge in [0.15, 0.2) is 6.61 Å². The lowest BCUT2D eigenvalue weighted by Crippen LogP contribution is -2.21. The molecule has 0 spiro atoms. The largest absolute Gasteiger partial charge is 0.452 e. The van der Waals surface area contributed by atoms with Crippen molar-refractivity contribution in [2.45, 2.75) is 13.8 Å². The maximum Gasteiger partial charge on any atom is 0.338 e. The number of rotatable bonds is 4. The fourth-order valence-corrected chi connectivity index (χ4v) is 2.14. The number of amides is 1. The van der Waals surface area contributed by atoms with Gasteiger partial charge in [-0.05, 0) is 55.3 Å². The SMILES string of the molecule is Cc1cccc(NC(=O)COC(=O)c2ccc(Br)cc2)c1C. The van der Waals surface area contributed by atoms with Gasteiger partial charge in [0.25, 0.3) is 5.91 Å². The summed E-state index contributed by atoms with van der Waals surface area (Å²) in [6.07, 6.45) is 0. The van der Waals surface area contributed by atoms with Crippen molar-refractivity contribution in [1.29, 1.82) is 0 Å². The Kier molecular flexibility index (Phi) is 5.33. The minimum Gasteiger partial charge on any atom is -0.452 e. The standard InChI is InChI=1S/C17H16BrNO3/c1-11-4-3-5-15(12(11)2)19-16(20)10-22-17(21)13-6-8-14(18)9-7-13/h3-9H,10H2,1-2H3,(H,19,20). The van der Waals surface area contributed by atoms with Gasteiger partial charge in [-0.2, -0.15) is 0 Å². The van der Waals surface area contributed by atoms with E-state index >= 15 is 0 Å². The van der Waals surface area contributed by atoms with Crippen LogP contribution in [0.25, 0.3) is 0 Å². The van der Waals surface area contributed by atoms with Gasteiger partial charge in [0, 0.05) is 10.2 Å². The van der Waals surface area contributed by atoms with Crippen LogP contribution in [0.2, 0.25) is 0 Å². The van der Waals surface area contributed by atoms with Gasteiger partial charge in [0.2, 0.25) is 0 Å². The number of anilines is 1. The molecular weight excluding hydrogens is 346 g/mol. The van der Waals surface area contributed by atoms with Crippen molar-refractivity contribution in [2.24, 2.45) is 0 Å². The zero-order chi connectivity index (χ0) is 16.1. The summed E-state index contributed by atoms with van der Waals surface area (Å²) in [4.78, 5) is 23.7. The van der Waals surface area contributed by atoms with E-state index in [1.807, 2.05) is 32.0 Å². The van der Waals surface area contributed by atoms with E-state index in [2.05, 4.69) is 21.2 Å². The Balaban J connectivity index is 1.91. The van der Waals surface area contributed by atoms with E-state index in [0.717, 1.165) is 21.3 Å². The molecule has 1 amide bonds. The van der Waals surface area contributed by atoms with E-state index in [-0.39, 0.29) is 12.5 Å². The van der Waals surface area contributed by atoms with Crippen molar-refractivity contribution >= 4 is 33.5 Å². The molecule has 0 saturated heterocycles. The van der Waals surface area contributed by atoms with E-state index in [1.165, 1.54) is 0 Å². The van der Waals surface area contributed by atoms with Crippen LogP contribution < -0.4 is 5.32 Å². The summed E-state index contributed by atoms with van der Waals surface area (Å²) < 4.78 is 5.88. The van der Waals surface area contributed by atoms with Gasteiger partial charge in [-0.3, -0.25) is 4.79 Å². The summed E-state index contributed by atoms with van der Waals surface area (Å²) in [5.41, 5.74) is 3.21. The summed E-state index contributed by atoms with van der Waals surface area (Å²) in [5.74, 6) is -0.886. The number of hydrogen-bond donors (Lipinski definition) is 1. The summed E-state index contributed by atoms with van der Waals surface area (Å²) in [6.45, 7) is 3.58. The maximum atomic E-state index is 11.9. The van der Waals surface area contributed by atoms with Crippen LogP contribution in [0.1, 0.15) is 21.5 Å². The third-order valence-corrected chi connectivity index (χ3v) is 3.82. The number of aryl methyl sites for hydroxylation is 1. The highest BCUT2D eigenvalue weighted by atomic mass is 79.9. The van der Waals surface area contributed by atoms with Crippen LogP contribution in [0.15, 0.2) is 46.9 Å². The zero-order valence-electron chi connectivity index (χ0n) is 12.4. The third-order valence-electron chi connectivity index (χ3n) is 3.29. The normalized spacial score (nSPS) is 10.1. The Morgan fingerprint density at radius 3 is 2.45 bits per heavy atom. The molecule has 5 heteroatoms. The first-order valence-corrected chi connectivity index (χ1v) is 7.55. The Morgan fingerprint density at radius 2 is 1.77 bits per heavy atom. The first-order valence-electron chi connectivity index (χ1n) is 6.76. The fraction of sp³-hybridized carbons (Fsp3) is 0.176. The first-order chi connectivity index (χ1) is 10.5. The average Bonchev–Trinajstić information content (AvgIpc) is 2.50. The molecule has 2 aromatic carbocycles. The molecule has 4 nitrogen and oxygen atoms in total. The van der Waals surface area contributed by atoms with Crippen molar-refractivity contribution in [3.63, 3.8) is 0 Å². The summed E-state index contributed by atoms with van der Waals surface area (Å²) >= 11 is 3.29. The van der Waals surface area contributed by atoms with Gasteiger partial charge >= 0.3 is 5.97 Å². The molecule has 0 atom stereocenters. The van der Waals surface area contributed by atoms with Gasteiger partial charge in [0.1, 0.15) is 0 Å². The fourth-order valence-electron chi connectivity index (χ4n) is 1.87. The van der Waals surface area contributed by atoms with Crippen LogP contribution in [-0.2, 0) is 9.53 Å². The van der Waals surface area contributed by atoms with Gasteiger partial charge in [-0.25, -0.2) is 4.79 Å². The van der Waals surface area contributed by atoms with Crippen molar-refractivity contribution in [3.05, 3.63) is 63.6 Å². The second kappa shape index (κ2) is 7.22. The van der Waals surface area contributed by atoms with Crippen LogP contribution in [-0.4, -0.2) is 18.5 Å². The van der Waals surface area contributed by atoms with E-state index in [0.29, 0.717) is 5.56 Å². The Morgan fingerprint density at radius 1 is 1.09 bits per heavy atom. The highest BCUT2D eigenvalue weighted by molar-refractivity contribution is 9.10. The smallest absolute Gasteiger partial charge is 0.338 e. The van der Waals surface area contributed by atoms with Gasteiger partial charge in [-0.15, -0.1) is 0 Å². The van der Waals surface area contributed by atoms with E-state index in [4.69, 9.17) is 4.74 Å². The minimum absolute atomic E-state index is 0.317. The molecule has 0 radical (unpaired) electrons. The minimum atomic E-state index is -0.524. The lowest BCUT2D eigenvalue weighted by molar-refractivity contribution is -0.119. The average molecular weight is 362 g/mol. The number of nitrogens with one attached hydrogen (secondary N) is 1. The molecule has 1 N–H and O–H groups in total. The quantitative estimate of drug-likeness (QED) is 0.841. The molecule has 0 heterocycles. The summed E-state index contributed by atoms with van der Waals surface area (Å²) in [6, 6.07) is 12.4.